The van der Waals surface area contributed by atoms with Gasteiger partial charge < -0.3 is 0 Å². The summed E-state index contributed by atoms with van der Waals surface area (Å²) in [6.45, 7) is 0. The molecule has 0 saturated heterocycles. The molecule has 0 atom stereocenters. The average Bonchev–Trinajstić information content (AvgIpc) is 2.46. The van der Waals surface area contributed by atoms with Gasteiger partial charge in [0.25, 0.3) is 0 Å². The van der Waals surface area contributed by atoms with Crippen LogP contribution in [0.25, 0.3) is 0 Å². The quantitative estimate of drug-likeness (QED) is 0.505. The van der Waals surface area contributed by atoms with E-state index >= 15 is 0 Å². The minimum absolute atomic E-state index is 0.596. The molecule has 0 aliphatic carbocycles. The van der Waals surface area contributed by atoms with E-state index in [1.165, 1.54) is 0 Å². The number of hydrogen-bond acceptors (Lipinski definition) is 5. The van der Waals surface area contributed by atoms with Crippen LogP contribution in [-0.4, -0.2) is 26.0 Å². The molecular formula is C6H9N5S. The Balaban J connectivity index is 2.25. The summed E-state index contributed by atoms with van der Waals surface area (Å²) in [5.41, 5.74) is 0. The summed E-state index contributed by atoms with van der Waals surface area (Å²) in [7, 11) is 1.80. The summed E-state index contributed by atoms with van der Waals surface area (Å²) in [5, 5.41) is 20.1. The van der Waals surface area contributed by atoms with E-state index in [1.807, 2.05) is 0 Å². The first-order valence-electron chi connectivity index (χ1n) is 3.56. The van der Waals surface area contributed by atoms with Crippen LogP contribution in [0.4, 0.5) is 0 Å². The Labute approximate surface area is 74.8 Å². The fourth-order valence-electron chi connectivity index (χ4n) is 0.658. The average molecular weight is 183 g/mol. The molecule has 0 N–H and O–H groups in total. The van der Waals surface area contributed by atoms with E-state index < -0.39 is 0 Å². The van der Waals surface area contributed by atoms with Crippen molar-refractivity contribution >= 4 is 11.8 Å². The van der Waals surface area contributed by atoms with E-state index in [0.717, 1.165) is 17.3 Å². The van der Waals surface area contributed by atoms with Gasteiger partial charge in [-0.05, 0) is 16.8 Å². The molecule has 6 heteroatoms. The molecular weight excluding hydrogens is 174 g/mol. The summed E-state index contributed by atoms with van der Waals surface area (Å²) in [6.07, 6.45) is 1.48. The zero-order valence-corrected chi connectivity index (χ0v) is 7.58. The highest BCUT2D eigenvalue weighted by Crippen LogP contribution is 2.13. The number of tetrazole rings is 1. The Hall–Kier alpha value is -1.09. The highest BCUT2D eigenvalue weighted by atomic mass is 32.2. The first-order chi connectivity index (χ1) is 5.84. The number of nitriles is 1. The van der Waals surface area contributed by atoms with Gasteiger partial charge in [0.2, 0.25) is 5.16 Å². The topological polar surface area (TPSA) is 67.4 Å². The molecule has 64 valence electrons. The van der Waals surface area contributed by atoms with Gasteiger partial charge in [-0.3, -0.25) is 0 Å². The van der Waals surface area contributed by atoms with Crippen LogP contribution in [-0.2, 0) is 7.05 Å². The van der Waals surface area contributed by atoms with Crippen molar-refractivity contribution in [1.82, 2.24) is 20.2 Å². The van der Waals surface area contributed by atoms with Gasteiger partial charge in [-0.2, -0.15) is 5.26 Å². The normalized spacial score (nSPS) is 9.67. The number of aryl methyl sites for hydroxylation is 1. The maximum atomic E-state index is 8.27. The fourth-order valence-corrected chi connectivity index (χ4v) is 1.45. The van der Waals surface area contributed by atoms with E-state index in [1.54, 1.807) is 23.5 Å². The molecule has 1 rings (SSSR count). The number of thioether (sulfide) groups is 1. The molecule has 0 saturated carbocycles. The predicted octanol–water partition coefficient (Wildman–Crippen LogP) is 0.606. The number of nitrogens with zero attached hydrogens (tertiary/aromatic N) is 5. The third-order valence-corrected chi connectivity index (χ3v) is 2.34. The van der Waals surface area contributed by atoms with Gasteiger partial charge in [-0.1, -0.05) is 11.8 Å². The number of rotatable bonds is 4. The second kappa shape index (κ2) is 4.72. The fraction of sp³-hybridized carbons (Fsp3) is 0.667. The molecule has 1 aromatic rings. The van der Waals surface area contributed by atoms with Crippen molar-refractivity contribution in [2.75, 3.05) is 5.75 Å². The lowest BCUT2D eigenvalue weighted by molar-refractivity contribution is 0.664. The van der Waals surface area contributed by atoms with Crippen molar-refractivity contribution < 1.29 is 0 Å². The van der Waals surface area contributed by atoms with E-state index in [4.69, 9.17) is 5.26 Å². The summed E-state index contributed by atoms with van der Waals surface area (Å²) in [5.74, 6) is 0.891. The van der Waals surface area contributed by atoms with Crippen molar-refractivity contribution in [1.29, 1.82) is 5.26 Å². The molecule has 1 heterocycles. The molecule has 1 aromatic heterocycles. The van der Waals surface area contributed by atoms with Gasteiger partial charge >= 0.3 is 0 Å². The van der Waals surface area contributed by atoms with E-state index in [9.17, 15) is 0 Å². The monoisotopic (exact) mass is 183 g/mol. The summed E-state index contributed by atoms with van der Waals surface area (Å²) < 4.78 is 1.62. The minimum Gasteiger partial charge on any atom is -0.224 e. The van der Waals surface area contributed by atoms with Crippen LogP contribution in [0.1, 0.15) is 12.8 Å². The Morgan fingerprint density at radius 3 is 3.08 bits per heavy atom. The number of hydrogen-bond donors (Lipinski definition) is 0. The molecule has 0 fully saturated rings. The van der Waals surface area contributed by atoms with Crippen molar-refractivity contribution in [2.45, 2.75) is 18.0 Å². The Kier molecular flexibility index (Phi) is 3.54. The molecule has 0 unspecified atom stereocenters. The van der Waals surface area contributed by atoms with E-state index in [2.05, 4.69) is 21.6 Å². The maximum Gasteiger partial charge on any atom is 0.209 e. The van der Waals surface area contributed by atoms with Gasteiger partial charge in [0.1, 0.15) is 0 Å². The standard InChI is InChI=1S/C6H9N5S/c1-11-6(8-9-10-11)12-5-3-2-4-7/h2-3,5H2,1H3. The highest BCUT2D eigenvalue weighted by molar-refractivity contribution is 7.99. The van der Waals surface area contributed by atoms with Crippen LogP contribution in [0.15, 0.2) is 5.16 Å². The molecule has 0 aliphatic rings. The number of aromatic nitrogens is 4. The Morgan fingerprint density at radius 2 is 2.50 bits per heavy atom. The first-order valence-corrected chi connectivity index (χ1v) is 4.55. The number of unbranched alkanes of at least 4 members (excludes halogenated alkanes) is 1. The molecule has 0 aliphatic heterocycles. The maximum absolute atomic E-state index is 8.27. The Morgan fingerprint density at radius 1 is 1.67 bits per heavy atom. The summed E-state index contributed by atoms with van der Waals surface area (Å²) in [6, 6.07) is 2.09. The molecule has 0 amide bonds. The SMILES string of the molecule is Cn1nnnc1SCCCC#N. The minimum atomic E-state index is 0.596. The Bertz CT molecular complexity index is 276. The lowest BCUT2D eigenvalue weighted by Gasteiger charge is -1.95. The van der Waals surface area contributed by atoms with E-state index in [-0.39, 0.29) is 0 Å². The molecule has 0 spiro atoms. The van der Waals surface area contributed by atoms with Gasteiger partial charge in [0.05, 0.1) is 6.07 Å². The zero-order chi connectivity index (χ0) is 8.81. The third kappa shape index (κ3) is 2.51. The molecule has 0 aromatic carbocycles. The predicted molar refractivity (Wildman–Crippen MR) is 44.4 cm³/mol. The first kappa shape index (κ1) is 9.00. The second-order valence-electron chi connectivity index (χ2n) is 2.20. The zero-order valence-electron chi connectivity index (χ0n) is 6.77. The summed E-state index contributed by atoms with van der Waals surface area (Å²) >= 11 is 1.57. The van der Waals surface area contributed by atoms with Crippen LogP contribution in [0.2, 0.25) is 0 Å². The van der Waals surface area contributed by atoms with Crippen LogP contribution >= 0.6 is 11.8 Å². The summed E-state index contributed by atoms with van der Waals surface area (Å²) in [4.78, 5) is 0. The molecule has 0 bridgehead atoms. The van der Waals surface area contributed by atoms with Crippen LogP contribution in [0.3, 0.4) is 0 Å². The van der Waals surface area contributed by atoms with Gasteiger partial charge in [0.15, 0.2) is 0 Å². The molecule has 5 nitrogen and oxygen atoms in total. The molecule has 0 radical (unpaired) electrons. The van der Waals surface area contributed by atoms with E-state index in [0.29, 0.717) is 6.42 Å². The van der Waals surface area contributed by atoms with Crippen LogP contribution in [0, 0.1) is 11.3 Å². The van der Waals surface area contributed by atoms with Crippen LogP contribution in [0.5, 0.6) is 0 Å². The third-order valence-electron chi connectivity index (χ3n) is 1.25. The lowest BCUT2D eigenvalue weighted by atomic mass is 10.4. The van der Waals surface area contributed by atoms with Crippen molar-refractivity contribution in [2.24, 2.45) is 7.05 Å². The largest absolute Gasteiger partial charge is 0.224 e. The van der Waals surface area contributed by atoms with Crippen molar-refractivity contribution in [3.63, 3.8) is 0 Å². The van der Waals surface area contributed by atoms with Gasteiger partial charge in [-0.25, -0.2) is 4.68 Å². The van der Waals surface area contributed by atoms with Crippen LogP contribution < -0.4 is 0 Å². The molecule has 12 heavy (non-hydrogen) atoms. The second-order valence-corrected chi connectivity index (χ2v) is 3.26. The van der Waals surface area contributed by atoms with Crippen molar-refractivity contribution in [3.8, 4) is 6.07 Å². The van der Waals surface area contributed by atoms with Gasteiger partial charge in [-0.15, -0.1) is 5.10 Å². The smallest absolute Gasteiger partial charge is 0.209 e. The van der Waals surface area contributed by atoms with Crippen molar-refractivity contribution in [3.05, 3.63) is 0 Å². The lowest BCUT2D eigenvalue weighted by Crippen LogP contribution is -1.93. The van der Waals surface area contributed by atoms with Gasteiger partial charge in [0, 0.05) is 19.2 Å². The highest BCUT2D eigenvalue weighted by Gasteiger charge is 2.00.